The molecule has 1 saturated heterocycles. The molecule has 0 aliphatic carbocycles. The molecule has 2 aromatic rings. The van der Waals surface area contributed by atoms with Crippen molar-refractivity contribution in [3.63, 3.8) is 0 Å². The first kappa shape index (κ1) is 13.2. The summed E-state index contributed by atoms with van der Waals surface area (Å²) in [5.41, 5.74) is 0.505. The lowest BCUT2D eigenvalue weighted by molar-refractivity contribution is 0.0690. The van der Waals surface area contributed by atoms with Crippen molar-refractivity contribution in [1.29, 1.82) is 0 Å². The van der Waals surface area contributed by atoms with E-state index in [2.05, 4.69) is 25.9 Å². The summed E-state index contributed by atoms with van der Waals surface area (Å²) in [5, 5.41) is 22.2. The molecule has 1 fully saturated rings. The van der Waals surface area contributed by atoms with Gasteiger partial charge in [0.2, 0.25) is 0 Å². The van der Waals surface area contributed by atoms with Crippen molar-refractivity contribution in [3.05, 3.63) is 35.9 Å². The maximum absolute atomic E-state index is 12.0. The molecule has 0 saturated carbocycles. The van der Waals surface area contributed by atoms with E-state index in [4.69, 9.17) is 5.11 Å². The van der Waals surface area contributed by atoms with Gasteiger partial charge in [-0.15, -0.1) is 5.10 Å². The van der Waals surface area contributed by atoms with Gasteiger partial charge in [-0.1, -0.05) is 5.21 Å². The third-order valence-electron chi connectivity index (χ3n) is 3.12. The summed E-state index contributed by atoms with van der Waals surface area (Å²) in [6.07, 6.45) is 2.86. The average Bonchev–Trinajstić information content (AvgIpc) is 2.86. The standard InChI is InChI=1S/C12H12N6O3/c19-11(10-6-18(17-16-10)8-4-13-5-8)15-7-1-2-9(12(20)21)14-3-7/h1-3,6,8,13H,4-5H2,(H,15,19)(H,20,21). The van der Waals surface area contributed by atoms with Crippen LogP contribution in [0.1, 0.15) is 27.0 Å². The second-order valence-electron chi connectivity index (χ2n) is 4.59. The van der Waals surface area contributed by atoms with Crippen LogP contribution < -0.4 is 10.6 Å². The Morgan fingerprint density at radius 1 is 1.33 bits per heavy atom. The van der Waals surface area contributed by atoms with Gasteiger partial charge in [0.05, 0.1) is 24.1 Å². The highest BCUT2D eigenvalue weighted by Gasteiger charge is 2.21. The smallest absolute Gasteiger partial charge is 0.354 e. The van der Waals surface area contributed by atoms with Gasteiger partial charge >= 0.3 is 5.97 Å². The van der Waals surface area contributed by atoms with Crippen LogP contribution in [-0.4, -0.2) is 50.1 Å². The number of carboxylic acids is 1. The van der Waals surface area contributed by atoms with E-state index in [1.54, 1.807) is 10.9 Å². The first-order valence-electron chi connectivity index (χ1n) is 6.27. The average molecular weight is 288 g/mol. The Hall–Kier alpha value is -2.81. The van der Waals surface area contributed by atoms with Crippen LogP contribution in [0, 0.1) is 0 Å². The first-order chi connectivity index (χ1) is 10.1. The van der Waals surface area contributed by atoms with Gasteiger partial charge in [0, 0.05) is 13.1 Å². The van der Waals surface area contributed by atoms with E-state index < -0.39 is 11.9 Å². The quantitative estimate of drug-likeness (QED) is 0.710. The lowest BCUT2D eigenvalue weighted by Crippen LogP contribution is -2.43. The SMILES string of the molecule is O=C(O)c1ccc(NC(=O)c2cn(C3CNC3)nn2)cn1. The highest BCUT2D eigenvalue weighted by atomic mass is 16.4. The van der Waals surface area contributed by atoms with Crippen LogP contribution in [0.5, 0.6) is 0 Å². The van der Waals surface area contributed by atoms with E-state index in [1.807, 2.05) is 0 Å². The second-order valence-corrected chi connectivity index (χ2v) is 4.59. The van der Waals surface area contributed by atoms with Gasteiger partial charge in [-0.25, -0.2) is 14.5 Å². The number of nitrogens with zero attached hydrogens (tertiary/aromatic N) is 4. The Bertz CT molecular complexity index is 677. The molecule has 21 heavy (non-hydrogen) atoms. The number of nitrogens with one attached hydrogen (secondary N) is 2. The van der Waals surface area contributed by atoms with E-state index in [-0.39, 0.29) is 17.4 Å². The molecule has 1 aliphatic heterocycles. The number of amides is 1. The summed E-state index contributed by atoms with van der Waals surface area (Å²) < 4.78 is 1.65. The van der Waals surface area contributed by atoms with Crippen LogP contribution in [0.15, 0.2) is 24.5 Å². The Morgan fingerprint density at radius 2 is 2.14 bits per heavy atom. The largest absolute Gasteiger partial charge is 0.477 e. The van der Waals surface area contributed by atoms with Crippen LogP contribution in [-0.2, 0) is 0 Å². The lowest BCUT2D eigenvalue weighted by atomic mass is 10.2. The molecule has 108 valence electrons. The summed E-state index contributed by atoms with van der Waals surface area (Å²) in [4.78, 5) is 26.4. The van der Waals surface area contributed by atoms with Gasteiger partial charge in [0.25, 0.3) is 5.91 Å². The van der Waals surface area contributed by atoms with E-state index in [0.29, 0.717) is 5.69 Å². The van der Waals surface area contributed by atoms with Gasteiger partial charge in [-0.05, 0) is 12.1 Å². The summed E-state index contributed by atoms with van der Waals surface area (Å²) in [7, 11) is 0. The van der Waals surface area contributed by atoms with Crippen LogP contribution in [0.3, 0.4) is 0 Å². The molecular formula is C12H12N6O3. The van der Waals surface area contributed by atoms with Crippen molar-refractivity contribution in [2.75, 3.05) is 18.4 Å². The fourth-order valence-electron chi connectivity index (χ4n) is 1.81. The molecule has 9 nitrogen and oxygen atoms in total. The Balaban J connectivity index is 1.67. The molecular weight excluding hydrogens is 276 g/mol. The van der Waals surface area contributed by atoms with E-state index in [9.17, 15) is 9.59 Å². The number of hydrogen-bond acceptors (Lipinski definition) is 6. The zero-order valence-corrected chi connectivity index (χ0v) is 10.9. The normalized spacial score (nSPS) is 14.5. The fraction of sp³-hybridized carbons (Fsp3) is 0.250. The van der Waals surface area contributed by atoms with Crippen molar-refractivity contribution in [2.45, 2.75) is 6.04 Å². The summed E-state index contributed by atoms with van der Waals surface area (Å²) in [5.74, 6) is -1.54. The summed E-state index contributed by atoms with van der Waals surface area (Å²) >= 11 is 0. The van der Waals surface area contributed by atoms with Crippen molar-refractivity contribution in [2.24, 2.45) is 0 Å². The number of anilines is 1. The van der Waals surface area contributed by atoms with Crippen molar-refractivity contribution < 1.29 is 14.7 Å². The Kier molecular flexibility index (Phi) is 3.32. The van der Waals surface area contributed by atoms with Crippen molar-refractivity contribution in [1.82, 2.24) is 25.3 Å². The molecule has 0 radical (unpaired) electrons. The molecule has 0 atom stereocenters. The third kappa shape index (κ3) is 2.72. The van der Waals surface area contributed by atoms with Crippen LogP contribution in [0.25, 0.3) is 0 Å². The van der Waals surface area contributed by atoms with Gasteiger partial charge in [-0.2, -0.15) is 0 Å². The lowest BCUT2D eigenvalue weighted by Gasteiger charge is -2.26. The molecule has 3 rings (SSSR count). The van der Waals surface area contributed by atoms with Gasteiger partial charge in [0.1, 0.15) is 5.69 Å². The topological polar surface area (TPSA) is 122 Å². The zero-order valence-electron chi connectivity index (χ0n) is 10.9. The predicted octanol–water partition coefficient (Wildman–Crippen LogP) is -0.232. The number of carboxylic acid groups (broad SMARTS) is 1. The van der Waals surface area contributed by atoms with Gasteiger partial charge in [-0.3, -0.25) is 4.79 Å². The minimum Gasteiger partial charge on any atom is -0.477 e. The zero-order chi connectivity index (χ0) is 14.8. The minimum absolute atomic E-state index is 0.0866. The number of pyridine rings is 1. The molecule has 3 N–H and O–H groups in total. The van der Waals surface area contributed by atoms with Crippen LogP contribution >= 0.6 is 0 Å². The van der Waals surface area contributed by atoms with E-state index in [1.165, 1.54) is 18.3 Å². The first-order valence-corrected chi connectivity index (χ1v) is 6.27. The van der Waals surface area contributed by atoms with Crippen LogP contribution in [0.2, 0.25) is 0 Å². The maximum Gasteiger partial charge on any atom is 0.354 e. The Morgan fingerprint density at radius 3 is 2.71 bits per heavy atom. The summed E-state index contributed by atoms with van der Waals surface area (Å²) in [6.45, 7) is 1.62. The van der Waals surface area contributed by atoms with E-state index in [0.717, 1.165) is 13.1 Å². The second kappa shape index (κ2) is 5.29. The monoisotopic (exact) mass is 288 g/mol. The van der Waals surface area contributed by atoms with Gasteiger partial charge < -0.3 is 15.7 Å². The van der Waals surface area contributed by atoms with Crippen molar-refractivity contribution in [3.8, 4) is 0 Å². The molecule has 1 amide bonds. The molecule has 9 heteroatoms. The van der Waals surface area contributed by atoms with Gasteiger partial charge in [0.15, 0.2) is 5.69 Å². The summed E-state index contributed by atoms with van der Waals surface area (Å²) in [6, 6.07) is 3.01. The van der Waals surface area contributed by atoms with Crippen molar-refractivity contribution >= 4 is 17.6 Å². The van der Waals surface area contributed by atoms with E-state index >= 15 is 0 Å². The fourth-order valence-corrected chi connectivity index (χ4v) is 1.81. The molecule has 0 bridgehead atoms. The number of rotatable bonds is 4. The molecule has 0 spiro atoms. The van der Waals surface area contributed by atoms with Crippen LogP contribution in [0.4, 0.5) is 5.69 Å². The molecule has 1 aliphatic rings. The minimum atomic E-state index is -1.12. The highest BCUT2D eigenvalue weighted by Crippen LogP contribution is 2.11. The molecule has 0 unspecified atom stereocenters. The maximum atomic E-state index is 12.0. The predicted molar refractivity (Wildman–Crippen MR) is 71.1 cm³/mol. The molecule has 0 aromatic carbocycles. The number of aromatic carboxylic acids is 1. The number of carbonyl (C=O) groups excluding carboxylic acids is 1. The number of hydrogen-bond donors (Lipinski definition) is 3. The highest BCUT2D eigenvalue weighted by molar-refractivity contribution is 6.02. The Labute approximate surface area is 119 Å². The number of aromatic nitrogens is 4. The molecule has 3 heterocycles. The molecule has 2 aromatic heterocycles. The number of carbonyl (C=O) groups is 2. The third-order valence-corrected chi connectivity index (χ3v) is 3.12.